The molecule has 0 radical (unpaired) electrons. The van der Waals surface area contributed by atoms with Crippen molar-refractivity contribution >= 4 is 10.9 Å². The fourth-order valence-corrected chi connectivity index (χ4v) is 2.76. The molecular formula is C16H22N2O3. The highest BCUT2D eigenvalue weighted by atomic mass is 16.3. The third kappa shape index (κ3) is 3.61. The Morgan fingerprint density at radius 2 is 1.95 bits per heavy atom. The van der Waals surface area contributed by atoms with E-state index >= 15 is 0 Å². The van der Waals surface area contributed by atoms with Gasteiger partial charge in [-0.25, -0.2) is 4.79 Å². The van der Waals surface area contributed by atoms with Crippen molar-refractivity contribution < 1.29 is 5.11 Å². The lowest BCUT2D eigenvalue weighted by atomic mass is 9.94. The summed E-state index contributed by atoms with van der Waals surface area (Å²) in [6, 6.07) is 7.01. The van der Waals surface area contributed by atoms with Crippen molar-refractivity contribution in [1.29, 1.82) is 0 Å². The fraction of sp³-hybridized carbons (Fsp3) is 0.500. The van der Waals surface area contributed by atoms with Crippen LogP contribution in [0.15, 0.2) is 33.9 Å². The average Bonchev–Trinajstić information content (AvgIpc) is 2.43. The van der Waals surface area contributed by atoms with Crippen LogP contribution in [0.2, 0.25) is 0 Å². The molecule has 0 fully saturated rings. The molecule has 0 aliphatic carbocycles. The van der Waals surface area contributed by atoms with Crippen LogP contribution in [-0.4, -0.2) is 21.3 Å². The fourth-order valence-electron chi connectivity index (χ4n) is 2.76. The molecule has 0 aliphatic rings. The van der Waals surface area contributed by atoms with Gasteiger partial charge >= 0.3 is 5.69 Å². The second kappa shape index (κ2) is 6.72. The van der Waals surface area contributed by atoms with Gasteiger partial charge in [0, 0.05) is 13.2 Å². The minimum atomic E-state index is -0.384. The number of nitrogens with zero attached hydrogens (tertiary/aromatic N) is 1. The molecule has 0 bridgehead atoms. The van der Waals surface area contributed by atoms with Crippen molar-refractivity contribution in [2.45, 2.75) is 33.2 Å². The topological polar surface area (TPSA) is 75.1 Å². The summed E-state index contributed by atoms with van der Waals surface area (Å²) >= 11 is 0. The lowest BCUT2D eigenvalue weighted by molar-refractivity contribution is 0.228. The summed E-state index contributed by atoms with van der Waals surface area (Å²) in [5.74, 6) is 0.576. The van der Waals surface area contributed by atoms with Gasteiger partial charge in [0.25, 0.3) is 5.56 Å². The largest absolute Gasteiger partial charge is 0.396 e. The van der Waals surface area contributed by atoms with Gasteiger partial charge in [-0.1, -0.05) is 26.0 Å². The SMILES string of the molecule is CC(C)CC(CCO)Cn1c(=O)[nH]c2ccccc2c1=O. The van der Waals surface area contributed by atoms with Crippen molar-refractivity contribution in [2.24, 2.45) is 11.8 Å². The summed E-state index contributed by atoms with van der Waals surface area (Å²) in [6.45, 7) is 4.60. The van der Waals surface area contributed by atoms with Crippen molar-refractivity contribution in [3.05, 3.63) is 45.1 Å². The zero-order chi connectivity index (χ0) is 15.4. The van der Waals surface area contributed by atoms with E-state index < -0.39 is 0 Å². The van der Waals surface area contributed by atoms with Gasteiger partial charge in [-0.15, -0.1) is 0 Å². The summed E-state index contributed by atoms with van der Waals surface area (Å²) in [4.78, 5) is 27.3. The Hall–Kier alpha value is -1.88. The van der Waals surface area contributed by atoms with Crippen LogP contribution in [0.4, 0.5) is 0 Å². The highest BCUT2D eigenvalue weighted by molar-refractivity contribution is 5.76. The number of hydrogen-bond donors (Lipinski definition) is 2. The predicted molar refractivity (Wildman–Crippen MR) is 83.5 cm³/mol. The highest BCUT2D eigenvalue weighted by Crippen LogP contribution is 2.16. The van der Waals surface area contributed by atoms with Crippen molar-refractivity contribution in [2.75, 3.05) is 6.61 Å². The molecule has 0 aliphatic heterocycles. The van der Waals surface area contributed by atoms with Crippen molar-refractivity contribution in [3.63, 3.8) is 0 Å². The van der Waals surface area contributed by atoms with Crippen molar-refractivity contribution in [1.82, 2.24) is 9.55 Å². The molecule has 1 unspecified atom stereocenters. The van der Waals surface area contributed by atoms with Crippen LogP contribution >= 0.6 is 0 Å². The molecule has 2 N–H and O–H groups in total. The molecular weight excluding hydrogens is 268 g/mol. The number of rotatable bonds is 6. The van der Waals surface area contributed by atoms with E-state index in [0.717, 1.165) is 6.42 Å². The summed E-state index contributed by atoms with van der Waals surface area (Å²) < 4.78 is 1.25. The molecule has 0 saturated heterocycles. The van der Waals surface area contributed by atoms with Gasteiger partial charge < -0.3 is 10.1 Å². The van der Waals surface area contributed by atoms with E-state index in [1.165, 1.54) is 4.57 Å². The monoisotopic (exact) mass is 290 g/mol. The second-order valence-corrected chi connectivity index (χ2v) is 5.90. The Bertz CT molecular complexity index is 715. The first-order chi connectivity index (χ1) is 10.0. The standard InChI is InChI=1S/C16H22N2O3/c1-11(2)9-12(7-8-19)10-18-15(20)13-5-3-4-6-14(13)17-16(18)21/h3-6,11-12,19H,7-10H2,1-2H3,(H,17,21). The smallest absolute Gasteiger partial charge is 0.328 e. The van der Waals surface area contributed by atoms with Crippen LogP contribution in [0.5, 0.6) is 0 Å². The van der Waals surface area contributed by atoms with Crippen molar-refractivity contribution in [3.8, 4) is 0 Å². The first-order valence-corrected chi connectivity index (χ1v) is 7.35. The number of H-pyrrole nitrogens is 1. The number of aromatic nitrogens is 2. The second-order valence-electron chi connectivity index (χ2n) is 5.90. The molecule has 1 heterocycles. The van der Waals surface area contributed by atoms with E-state index in [-0.39, 0.29) is 23.8 Å². The normalized spacial score (nSPS) is 13.0. The molecule has 0 amide bonds. The first kappa shape index (κ1) is 15.5. The van der Waals surface area contributed by atoms with E-state index in [2.05, 4.69) is 18.8 Å². The molecule has 1 aromatic carbocycles. The van der Waals surface area contributed by atoms with Crippen LogP contribution in [0, 0.1) is 11.8 Å². The lowest BCUT2D eigenvalue weighted by Gasteiger charge is -2.18. The quantitative estimate of drug-likeness (QED) is 0.851. The maximum atomic E-state index is 12.5. The summed E-state index contributed by atoms with van der Waals surface area (Å²) in [5.41, 5.74) is -0.0854. The van der Waals surface area contributed by atoms with E-state index in [4.69, 9.17) is 5.11 Å². The number of aromatic amines is 1. The maximum absolute atomic E-state index is 12.5. The molecule has 2 aromatic rings. The lowest BCUT2D eigenvalue weighted by Crippen LogP contribution is -2.37. The van der Waals surface area contributed by atoms with Gasteiger partial charge in [0.2, 0.25) is 0 Å². The van der Waals surface area contributed by atoms with E-state index in [9.17, 15) is 9.59 Å². The number of aliphatic hydroxyl groups excluding tert-OH is 1. The minimum absolute atomic E-state index is 0.0671. The van der Waals surface area contributed by atoms with Gasteiger partial charge in [-0.2, -0.15) is 0 Å². The van der Waals surface area contributed by atoms with Gasteiger partial charge in [0.15, 0.2) is 0 Å². The first-order valence-electron chi connectivity index (χ1n) is 7.35. The Balaban J connectivity index is 2.41. The average molecular weight is 290 g/mol. The molecule has 5 heteroatoms. The number of aliphatic hydroxyl groups is 1. The van der Waals surface area contributed by atoms with Crippen LogP contribution < -0.4 is 11.2 Å². The van der Waals surface area contributed by atoms with Gasteiger partial charge in [0.1, 0.15) is 0 Å². The Labute approximate surface area is 123 Å². The maximum Gasteiger partial charge on any atom is 0.328 e. The third-order valence-corrected chi connectivity index (χ3v) is 3.67. The number of benzene rings is 1. The zero-order valence-electron chi connectivity index (χ0n) is 12.5. The Morgan fingerprint density at radius 3 is 2.62 bits per heavy atom. The summed E-state index contributed by atoms with van der Waals surface area (Å²) in [6.07, 6.45) is 1.47. The summed E-state index contributed by atoms with van der Waals surface area (Å²) in [7, 11) is 0. The molecule has 5 nitrogen and oxygen atoms in total. The van der Waals surface area contributed by atoms with Crippen LogP contribution in [0.25, 0.3) is 10.9 Å². The van der Waals surface area contributed by atoms with Gasteiger partial charge in [0.05, 0.1) is 10.9 Å². The van der Waals surface area contributed by atoms with Gasteiger partial charge in [-0.3, -0.25) is 9.36 Å². The number of hydrogen-bond acceptors (Lipinski definition) is 3. The highest BCUT2D eigenvalue weighted by Gasteiger charge is 2.15. The van der Waals surface area contributed by atoms with Crippen LogP contribution in [0.1, 0.15) is 26.7 Å². The third-order valence-electron chi connectivity index (χ3n) is 3.67. The molecule has 0 spiro atoms. The Kier molecular flexibility index (Phi) is 4.96. The number of nitrogens with one attached hydrogen (secondary N) is 1. The molecule has 2 rings (SSSR count). The summed E-state index contributed by atoms with van der Waals surface area (Å²) in [5, 5.41) is 9.68. The Morgan fingerprint density at radius 1 is 1.24 bits per heavy atom. The predicted octanol–water partition coefficient (Wildman–Crippen LogP) is 1.73. The van der Waals surface area contributed by atoms with E-state index in [1.54, 1.807) is 24.3 Å². The molecule has 21 heavy (non-hydrogen) atoms. The number of para-hydroxylation sites is 1. The van der Waals surface area contributed by atoms with E-state index in [1.807, 2.05) is 0 Å². The van der Waals surface area contributed by atoms with Crippen LogP contribution in [-0.2, 0) is 6.54 Å². The molecule has 0 saturated carbocycles. The van der Waals surface area contributed by atoms with Crippen LogP contribution in [0.3, 0.4) is 0 Å². The zero-order valence-corrected chi connectivity index (χ0v) is 12.5. The minimum Gasteiger partial charge on any atom is -0.396 e. The number of fused-ring (bicyclic) bond motifs is 1. The molecule has 114 valence electrons. The van der Waals surface area contributed by atoms with Gasteiger partial charge in [-0.05, 0) is 36.8 Å². The van der Waals surface area contributed by atoms with E-state index in [0.29, 0.717) is 29.8 Å². The molecule has 1 aromatic heterocycles. The molecule has 1 atom stereocenters.